The number of rotatable bonds is 7. The Bertz CT molecular complexity index is 1490. The maximum absolute atomic E-state index is 13.6. The molecule has 0 radical (unpaired) electrons. The predicted molar refractivity (Wildman–Crippen MR) is 163 cm³/mol. The predicted octanol–water partition coefficient (Wildman–Crippen LogP) is 9.13. The minimum Gasteiger partial charge on any atom is -0.488 e. The number of fused-ring (bicyclic) bond motifs is 1. The van der Waals surface area contributed by atoms with Gasteiger partial charge in [0.1, 0.15) is 17.4 Å². The van der Waals surface area contributed by atoms with E-state index in [4.69, 9.17) is 21.3 Å². The number of ether oxygens (including phenoxy) is 1. The molecule has 1 N–H and O–H groups in total. The zero-order valence-corrected chi connectivity index (χ0v) is 24.1. The third kappa shape index (κ3) is 6.60. The molecule has 0 saturated carbocycles. The van der Waals surface area contributed by atoms with E-state index in [1.54, 1.807) is 11.3 Å². The molecule has 0 unspecified atom stereocenters. The standard InChI is InChI=1S/C33H33ClN2O2S/c1-33(2,3)24-16-17-27-29(19-24)39-32(30(27)31(37)36-26-13-5-4-6-14-26)35-20-23-11-7-8-15-28(23)38-21-22-10-9-12-25(34)18-22/h4-15,18,20,24H,16-17,19,21H2,1-3H3,(H,36,37)/t24-/m1/s1. The molecule has 5 rings (SSSR count). The smallest absolute Gasteiger partial charge is 0.259 e. The van der Waals surface area contributed by atoms with Crippen LogP contribution in [0.3, 0.4) is 0 Å². The highest BCUT2D eigenvalue weighted by Crippen LogP contribution is 2.45. The minimum absolute atomic E-state index is 0.106. The zero-order valence-electron chi connectivity index (χ0n) is 22.5. The van der Waals surface area contributed by atoms with Gasteiger partial charge in [0.25, 0.3) is 5.91 Å². The summed E-state index contributed by atoms with van der Waals surface area (Å²) >= 11 is 7.78. The number of carbonyl (C=O) groups is 1. The van der Waals surface area contributed by atoms with Gasteiger partial charge in [0, 0.05) is 27.4 Å². The van der Waals surface area contributed by atoms with Crippen molar-refractivity contribution in [1.82, 2.24) is 0 Å². The van der Waals surface area contributed by atoms with E-state index in [1.165, 1.54) is 4.88 Å². The van der Waals surface area contributed by atoms with E-state index in [1.807, 2.05) is 85.1 Å². The Morgan fingerprint density at radius 3 is 2.62 bits per heavy atom. The first kappa shape index (κ1) is 27.2. The molecule has 200 valence electrons. The largest absolute Gasteiger partial charge is 0.488 e. The summed E-state index contributed by atoms with van der Waals surface area (Å²) in [4.78, 5) is 19.8. The van der Waals surface area contributed by atoms with Gasteiger partial charge in [-0.05, 0) is 78.1 Å². The number of nitrogens with zero attached hydrogens (tertiary/aromatic N) is 1. The van der Waals surface area contributed by atoms with Gasteiger partial charge >= 0.3 is 0 Å². The summed E-state index contributed by atoms with van der Waals surface area (Å²) in [5.74, 6) is 1.20. The number of thiophene rings is 1. The van der Waals surface area contributed by atoms with Gasteiger partial charge in [-0.15, -0.1) is 11.3 Å². The fourth-order valence-electron chi connectivity index (χ4n) is 4.99. The average Bonchev–Trinajstić information content (AvgIpc) is 3.29. The van der Waals surface area contributed by atoms with Crippen LogP contribution in [0.4, 0.5) is 10.7 Å². The molecule has 0 saturated heterocycles. The lowest BCUT2D eigenvalue weighted by Gasteiger charge is -2.33. The molecule has 0 fully saturated rings. The van der Waals surface area contributed by atoms with E-state index >= 15 is 0 Å². The van der Waals surface area contributed by atoms with Crippen molar-refractivity contribution in [2.45, 2.75) is 46.6 Å². The van der Waals surface area contributed by atoms with Gasteiger partial charge in [-0.1, -0.05) is 74.8 Å². The Kier molecular flexibility index (Phi) is 8.20. The molecule has 1 aliphatic carbocycles. The van der Waals surface area contributed by atoms with E-state index in [0.29, 0.717) is 23.1 Å². The topological polar surface area (TPSA) is 50.7 Å². The maximum atomic E-state index is 13.6. The highest BCUT2D eigenvalue weighted by molar-refractivity contribution is 7.16. The van der Waals surface area contributed by atoms with Crippen molar-refractivity contribution in [2.24, 2.45) is 16.3 Å². The van der Waals surface area contributed by atoms with E-state index < -0.39 is 0 Å². The van der Waals surface area contributed by atoms with Crippen molar-refractivity contribution < 1.29 is 9.53 Å². The molecular weight excluding hydrogens is 524 g/mol. The summed E-state index contributed by atoms with van der Waals surface area (Å²) in [7, 11) is 0. The maximum Gasteiger partial charge on any atom is 0.259 e. The van der Waals surface area contributed by atoms with E-state index in [9.17, 15) is 4.79 Å². The van der Waals surface area contributed by atoms with Gasteiger partial charge in [-0.25, -0.2) is 4.99 Å². The number of hydrogen-bond acceptors (Lipinski definition) is 4. The van der Waals surface area contributed by atoms with Crippen LogP contribution in [0.2, 0.25) is 5.02 Å². The Morgan fingerprint density at radius 2 is 1.85 bits per heavy atom. The third-order valence-corrected chi connectivity index (χ3v) is 8.65. The van der Waals surface area contributed by atoms with Gasteiger partial charge in [0.05, 0.1) is 5.56 Å². The van der Waals surface area contributed by atoms with Crippen LogP contribution >= 0.6 is 22.9 Å². The highest BCUT2D eigenvalue weighted by Gasteiger charge is 2.33. The molecular formula is C33H33ClN2O2S. The lowest BCUT2D eigenvalue weighted by atomic mass is 9.72. The number of carbonyl (C=O) groups excluding carboxylic acids is 1. The fraction of sp³-hybridized carbons (Fsp3) is 0.273. The lowest BCUT2D eigenvalue weighted by molar-refractivity contribution is 0.102. The average molecular weight is 557 g/mol. The summed E-state index contributed by atoms with van der Waals surface area (Å²) < 4.78 is 6.13. The number of halogens is 1. The SMILES string of the molecule is CC(C)(C)[C@@H]1CCc2c(sc(N=Cc3ccccc3OCc3cccc(Cl)c3)c2C(=O)Nc2ccccc2)C1. The number of para-hydroxylation sites is 2. The third-order valence-electron chi connectivity index (χ3n) is 7.25. The van der Waals surface area contributed by atoms with Crippen molar-refractivity contribution in [3.63, 3.8) is 0 Å². The van der Waals surface area contributed by atoms with Gasteiger partial charge < -0.3 is 10.1 Å². The Morgan fingerprint density at radius 1 is 1.08 bits per heavy atom. The first-order valence-corrected chi connectivity index (χ1v) is 14.5. The molecule has 0 bridgehead atoms. The summed E-state index contributed by atoms with van der Waals surface area (Å²) in [6.07, 6.45) is 4.75. The van der Waals surface area contributed by atoms with Crippen molar-refractivity contribution in [2.75, 3.05) is 5.32 Å². The molecule has 6 heteroatoms. The van der Waals surface area contributed by atoms with Gasteiger partial charge in [-0.2, -0.15) is 0 Å². The van der Waals surface area contributed by atoms with Crippen LogP contribution in [0.1, 0.15) is 59.1 Å². The molecule has 4 aromatic rings. The zero-order chi connectivity index (χ0) is 27.4. The summed E-state index contributed by atoms with van der Waals surface area (Å²) in [5.41, 5.74) is 4.69. The van der Waals surface area contributed by atoms with Crippen LogP contribution in [0.15, 0.2) is 83.9 Å². The van der Waals surface area contributed by atoms with Crippen LogP contribution in [-0.2, 0) is 19.4 Å². The summed E-state index contributed by atoms with van der Waals surface area (Å²) in [5, 5.41) is 4.51. The Hall–Kier alpha value is -3.41. The monoisotopic (exact) mass is 556 g/mol. The Balaban J connectivity index is 1.45. The first-order chi connectivity index (χ1) is 18.8. The van der Waals surface area contributed by atoms with Crippen LogP contribution in [0, 0.1) is 11.3 Å². The number of hydrogen-bond donors (Lipinski definition) is 1. The number of aliphatic imine (C=N–C) groups is 1. The second kappa shape index (κ2) is 11.8. The molecule has 39 heavy (non-hydrogen) atoms. The quantitative estimate of drug-likeness (QED) is 0.231. The molecule has 0 aliphatic heterocycles. The second-order valence-corrected chi connectivity index (χ2v) is 12.5. The van der Waals surface area contributed by atoms with Crippen molar-refractivity contribution in [3.05, 3.63) is 111 Å². The number of amides is 1. The highest BCUT2D eigenvalue weighted by atomic mass is 35.5. The van der Waals surface area contributed by atoms with Crippen LogP contribution in [0.5, 0.6) is 5.75 Å². The van der Waals surface area contributed by atoms with E-state index in [-0.39, 0.29) is 11.3 Å². The molecule has 1 aliphatic rings. The van der Waals surface area contributed by atoms with E-state index in [0.717, 1.165) is 52.4 Å². The van der Waals surface area contributed by atoms with Crippen molar-refractivity contribution in [3.8, 4) is 5.75 Å². The first-order valence-electron chi connectivity index (χ1n) is 13.3. The minimum atomic E-state index is -0.106. The second-order valence-electron chi connectivity index (χ2n) is 11.0. The van der Waals surface area contributed by atoms with Crippen LogP contribution < -0.4 is 10.1 Å². The van der Waals surface area contributed by atoms with Crippen molar-refractivity contribution in [1.29, 1.82) is 0 Å². The number of nitrogens with one attached hydrogen (secondary N) is 1. The lowest BCUT2D eigenvalue weighted by Crippen LogP contribution is -2.27. The molecule has 3 aromatic carbocycles. The molecule has 4 nitrogen and oxygen atoms in total. The van der Waals surface area contributed by atoms with Gasteiger partial charge in [-0.3, -0.25) is 4.79 Å². The van der Waals surface area contributed by atoms with Crippen LogP contribution in [0.25, 0.3) is 0 Å². The Labute approximate surface area is 239 Å². The summed E-state index contributed by atoms with van der Waals surface area (Å²) in [6, 6.07) is 25.1. The number of benzene rings is 3. The molecule has 0 spiro atoms. The van der Waals surface area contributed by atoms with Crippen molar-refractivity contribution >= 4 is 45.7 Å². The van der Waals surface area contributed by atoms with Gasteiger partial charge in [0.2, 0.25) is 0 Å². The molecule has 1 heterocycles. The van der Waals surface area contributed by atoms with Crippen LogP contribution in [-0.4, -0.2) is 12.1 Å². The summed E-state index contributed by atoms with van der Waals surface area (Å²) in [6.45, 7) is 7.31. The van der Waals surface area contributed by atoms with E-state index in [2.05, 4.69) is 26.1 Å². The van der Waals surface area contributed by atoms with Gasteiger partial charge in [0.15, 0.2) is 0 Å². The number of anilines is 1. The fourth-order valence-corrected chi connectivity index (χ4v) is 6.47. The molecule has 1 amide bonds. The molecule has 1 atom stereocenters. The normalized spacial score (nSPS) is 15.2. The molecule has 1 aromatic heterocycles.